The largest absolute Gasteiger partial charge is 0.303 e. The highest BCUT2D eigenvalue weighted by atomic mass is 35.5. The predicted molar refractivity (Wildman–Crippen MR) is 46.6 cm³/mol. The topological polar surface area (TPSA) is 50.4 Å². The molecule has 6 heteroatoms. The molecule has 1 aliphatic rings. The van der Waals surface area contributed by atoms with Gasteiger partial charge >= 0.3 is 0 Å². The van der Waals surface area contributed by atoms with Crippen LogP contribution in [0.1, 0.15) is 0 Å². The van der Waals surface area contributed by atoms with Crippen molar-refractivity contribution in [2.45, 2.75) is 0 Å². The molecule has 9 heavy (non-hydrogen) atoms. The van der Waals surface area contributed by atoms with E-state index in [1.807, 2.05) is 0 Å². The van der Waals surface area contributed by atoms with Crippen molar-refractivity contribution in [1.29, 1.82) is 0 Å². The van der Waals surface area contributed by atoms with E-state index in [9.17, 15) is 0 Å². The molecular weight excluding hydrogens is 181 g/mol. The number of hydrazine groups is 1. The third-order valence-electron chi connectivity index (χ3n) is 0.709. The minimum Gasteiger partial charge on any atom is -0.303 e. The molecule has 0 aromatic heterocycles. The van der Waals surface area contributed by atoms with E-state index < -0.39 is 0 Å². The smallest absolute Gasteiger partial charge is 0.170 e. The Bertz CT molecular complexity index is 97.1. The zero-order chi connectivity index (χ0) is 5.11. The summed E-state index contributed by atoms with van der Waals surface area (Å²) in [5, 5.41) is 0.861. The number of thioether (sulfide) groups is 1. The number of nitrogens with zero attached hydrogens (tertiary/aromatic N) is 1. The Morgan fingerprint density at radius 1 is 1.56 bits per heavy atom. The first kappa shape index (κ1) is 12.1. The van der Waals surface area contributed by atoms with E-state index in [1.165, 1.54) is 0 Å². The fraction of sp³-hybridized carbons (Fsp3) is 0.667. The summed E-state index contributed by atoms with van der Waals surface area (Å²) in [6.45, 7) is 0.907. The van der Waals surface area contributed by atoms with Crippen molar-refractivity contribution >= 4 is 41.7 Å². The van der Waals surface area contributed by atoms with Gasteiger partial charge in [0.2, 0.25) is 0 Å². The van der Waals surface area contributed by atoms with E-state index in [0.717, 1.165) is 17.5 Å². The maximum Gasteiger partial charge on any atom is 0.170 e. The molecule has 0 bridgehead atoms. The van der Waals surface area contributed by atoms with Crippen molar-refractivity contribution in [1.82, 2.24) is 5.43 Å². The van der Waals surface area contributed by atoms with Gasteiger partial charge < -0.3 is 5.43 Å². The van der Waals surface area contributed by atoms with E-state index in [2.05, 4.69) is 10.4 Å². The first-order valence-corrected chi connectivity index (χ1v) is 3.06. The van der Waals surface area contributed by atoms with Gasteiger partial charge in [-0.1, -0.05) is 11.8 Å². The molecule has 0 spiro atoms. The summed E-state index contributed by atoms with van der Waals surface area (Å²) in [5.74, 6) is 6.10. The van der Waals surface area contributed by atoms with Crippen LogP contribution in [-0.4, -0.2) is 17.5 Å². The van der Waals surface area contributed by atoms with Gasteiger partial charge in [0.05, 0.1) is 6.54 Å². The Labute approximate surface area is 70.6 Å². The zero-order valence-electron chi connectivity index (χ0n) is 4.66. The second-order valence-corrected chi connectivity index (χ2v) is 2.26. The van der Waals surface area contributed by atoms with Crippen molar-refractivity contribution in [3.8, 4) is 0 Å². The van der Waals surface area contributed by atoms with Gasteiger partial charge in [-0.25, -0.2) is 5.84 Å². The van der Waals surface area contributed by atoms with Crippen molar-refractivity contribution < 1.29 is 0 Å². The molecule has 0 saturated heterocycles. The zero-order valence-corrected chi connectivity index (χ0v) is 7.11. The number of halogens is 2. The number of hydrogen-bond acceptors (Lipinski definition) is 4. The lowest BCUT2D eigenvalue weighted by atomic mass is 10.8. The molecule has 0 aliphatic carbocycles. The predicted octanol–water partition coefficient (Wildman–Crippen LogP) is 0.396. The Morgan fingerprint density at radius 2 is 2.22 bits per heavy atom. The second-order valence-electron chi connectivity index (χ2n) is 1.18. The molecule has 0 aromatic rings. The second kappa shape index (κ2) is 6.48. The molecular formula is C3H9Cl2N3S. The molecule has 1 rings (SSSR count). The normalized spacial score (nSPS) is 15.0. The van der Waals surface area contributed by atoms with Gasteiger partial charge in [0, 0.05) is 5.75 Å². The van der Waals surface area contributed by atoms with E-state index >= 15 is 0 Å². The molecule has 56 valence electrons. The van der Waals surface area contributed by atoms with Crippen LogP contribution < -0.4 is 11.3 Å². The third-order valence-corrected chi connectivity index (χ3v) is 1.62. The van der Waals surface area contributed by atoms with Crippen molar-refractivity contribution in [2.75, 3.05) is 12.3 Å². The Hall–Kier alpha value is 0.360. The van der Waals surface area contributed by atoms with Gasteiger partial charge in [0.15, 0.2) is 5.17 Å². The van der Waals surface area contributed by atoms with Gasteiger partial charge in [0.25, 0.3) is 0 Å². The summed E-state index contributed by atoms with van der Waals surface area (Å²) in [6.07, 6.45) is 0. The summed E-state index contributed by atoms with van der Waals surface area (Å²) >= 11 is 1.66. The highest BCUT2D eigenvalue weighted by molar-refractivity contribution is 8.14. The summed E-state index contributed by atoms with van der Waals surface area (Å²) in [4.78, 5) is 4.00. The molecule has 0 saturated carbocycles. The summed E-state index contributed by atoms with van der Waals surface area (Å²) in [7, 11) is 0. The van der Waals surface area contributed by atoms with E-state index in [4.69, 9.17) is 5.84 Å². The summed E-state index contributed by atoms with van der Waals surface area (Å²) in [5.41, 5.74) is 2.48. The first-order valence-electron chi connectivity index (χ1n) is 2.07. The molecule has 3 nitrogen and oxygen atoms in total. The van der Waals surface area contributed by atoms with Crippen LogP contribution in [0, 0.1) is 0 Å². The molecule has 1 heterocycles. The third kappa shape index (κ3) is 3.86. The highest BCUT2D eigenvalue weighted by Gasteiger charge is 2.01. The Balaban J connectivity index is 0. The van der Waals surface area contributed by atoms with Crippen LogP contribution >= 0.6 is 36.6 Å². The Kier molecular flexibility index (Phi) is 8.69. The summed E-state index contributed by atoms with van der Waals surface area (Å²) < 4.78 is 0. The summed E-state index contributed by atoms with van der Waals surface area (Å²) in [6, 6.07) is 0. The van der Waals surface area contributed by atoms with Crippen LogP contribution in [0.5, 0.6) is 0 Å². The SMILES string of the molecule is Cl.Cl.NNC1=NCCS1. The van der Waals surface area contributed by atoms with Gasteiger partial charge in [-0.3, -0.25) is 4.99 Å². The number of hydrogen-bond donors (Lipinski definition) is 2. The van der Waals surface area contributed by atoms with Crippen LogP contribution in [-0.2, 0) is 0 Å². The maximum absolute atomic E-state index is 5.03. The van der Waals surface area contributed by atoms with Gasteiger partial charge in [-0.15, -0.1) is 24.8 Å². The highest BCUT2D eigenvalue weighted by Crippen LogP contribution is 2.06. The molecule has 0 radical (unpaired) electrons. The number of amidine groups is 1. The van der Waals surface area contributed by atoms with E-state index in [-0.39, 0.29) is 24.8 Å². The van der Waals surface area contributed by atoms with Gasteiger partial charge in [-0.05, 0) is 0 Å². The lowest BCUT2D eigenvalue weighted by Gasteiger charge is -1.90. The van der Waals surface area contributed by atoms with Crippen molar-refractivity contribution in [3.05, 3.63) is 0 Å². The standard InChI is InChI=1S/C3H7N3S.2ClH/c4-6-3-5-1-2-7-3;;/h1-2,4H2,(H,5,6);2*1H. The molecule has 0 amide bonds. The minimum atomic E-state index is 0. The molecule has 0 atom stereocenters. The van der Waals surface area contributed by atoms with Crippen molar-refractivity contribution in [2.24, 2.45) is 10.8 Å². The van der Waals surface area contributed by atoms with Crippen LogP contribution in [0.4, 0.5) is 0 Å². The monoisotopic (exact) mass is 189 g/mol. The minimum absolute atomic E-state index is 0. The first-order chi connectivity index (χ1) is 3.43. The van der Waals surface area contributed by atoms with Gasteiger partial charge in [0.1, 0.15) is 0 Å². The van der Waals surface area contributed by atoms with Crippen molar-refractivity contribution in [3.63, 3.8) is 0 Å². The van der Waals surface area contributed by atoms with Crippen LogP contribution in [0.3, 0.4) is 0 Å². The number of nitrogens with two attached hydrogens (primary N) is 1. The van der Waals surface area contributed by atoms with Gasteiger partial charge in [-0.2, -0.15) is 0 Å². The molecule has 0 unspecified atom stereocenters. The molecule has 3 N–H and O–H groups in total. The quantitative estimate of drug-likeness (QED) is 0.429. The Morgan fingerprint density at radius 3 is 2.44 bits per heavy atom. The van der Waals surface area contributed by atoms with Crippen LogP contribution in [0.15, 0.2) is 4.99 Å². The van der Waals surface area contributed by atoms with E-state index in [0.29, 0.717) is 0 Å². The van der Waals surface area contributed by atoms with E-state index in [1.54, 1.807) is 11.8 Å². The van der Waals surface area contributed by atoms with Crippen LogP contribution in [0.2, 0.25) is 0 Å². The number of nitrogens with one attached hydrogen (secondary N) is 1. The van der Waals surface area contributed by atoms with Crippen LogP contribution in [0.25, 0.3) is 0 Å². The molecule has 0 fully saturated rings. The lowest BCUT2D eigenvalue weighted by Crippen LogP contribution is -2.26. The average Bonchev–Trinajstić information content (AvgIpc) is 2.14. The molecule has 0 aromatic carbocycles. The number of rotatable bonds is 0. The average molecular weight is 190 g/mol. The fourth-order valence-corrected chi connectivity index (χ4v) is 1.06. The molecule has 1 aliphatic heterocycles. The number of aliphatic imine (C=N–C) groups is 1. The maximum atomic E-state index is 5.03. The fourth-order valence-electron chi connectivity index (χ4n) is 0.422. The lowest BCUT2D eigenvalue weighted by molar-refractivity contribution is 1.03.